The number of rotatable bonds is 10. The predicted octanol–water partition coefficient (Wildman–Crippen LogP) is 6.06. The van der Waals surface area contributed by atoms with Crippen molar-refractivity contribution in [3.63, 3.8) is 0 Å². The summed E-state index contributed by atoms with van der Waals surface area (Å²) >= 11 is 6.10. The summed E-state index contributed by atoms with van der Waals surface area (Å²) in [6.45, 7) is 6.20. The van der Waals surface area contributed by atoms with E-state index < -0.39 is 12.1 Å². The molecule has 2 atom stereocenters. The third-order valence-electron chi connectivity index (χ3n) is 8.31. The van der Waals surface area contributed by atoms with Gasteiger partial charge in [0.05, 0.1) is 0 Å². The Labute approximate surface area is 243 Å². The van der Waals surface area contributed by atoms with Gasteiger partial charge in [-0.2, -0.15) is 0 Å². The van der Waals surface area contributed by atoms with Gasteiger partial charge in [0.1, 0.15) is 12.6 Å². The van der Waals surface area contributed by atoms with Gasteiger partial charge in [-0.25, -0.2) is 4.79 Å². The van der Waals surface area contributed by atoms with Gasteiger partial charge in [-0.3, -0.25) is 9.59 Å². The number of nitrogens with one attached hydrogen (secondary N) is 2. The van der Waals surface area contributed by atoms with E-state index in [0.29, 0.717) is 43.4 Å². The van der Waals surface area contributed by atoms with Crippen LogP contribution in [0.3, 0.4) is 0 Å². The molecule has 2 N–H and O–H groups in total. The Kier molecular flexibility index (Phi) is 10.5. The summed E-state index contributed by atoms with van der Waals surface area (Å²) in [6.07, 6.45) is 5.21. The summed E-state index contributed by atoms with van der Waals surface area (Å²) in [7, 11) is 0. The lowest BCUT2D eigenvalue weighted by molar-refractivity contribution is -0.140. The zero-order chi connectivity index (χ0) is 28.5. The topological polar surface area (TPSA) is 87.7 Å². The fourth-order valence-electron chi connectivity index (χ4n) is 6.08. The smallest absolute Gasteiger partial charge is 0.407 e. The fraction of sp³-hybridized carbons (Fsp3) is 0.531. The van der Waals surface area contributed by atoms with Crippen molar-refractivity contribution in [2.24, 2.45) is 11.3 Å². The van der Waals surface area contributed by atoms with Gasteiger partial charge in [-0.1, -0.05) is 80.8 Å². The number of likely N-dealkylation sites (tertiary alicyclic amines) is 1. The van der Waals surface area contributed by atoms with Gasteiger partial charge in [0.25, 0.3) is 0 Å². The molecule has 8 heteroatoms. The van der Waals surface area contributed by atoms with Gasteiger partial charge in [-0.05, 0) is 66.7 Å². The second kappa shape index (κ2) is 14.0. The Morgan fingerprint density at radius 3 is 2.40 bits per heavy atom. The van der Waals surface area contributed by atoms with Crippen LogP contribution in [0.1, 0.15) is 75.8 Å². The summed E-state index contributed by atoms with van der Waals surface area (Å²) in [5, 5.41) is 6.56. The first-order valence-electron chi connectivity index (χ1n) is 14.5. The predicted molar refractivity (Wildman–Crippen MR) is 157 cm³/mol. The summed E-state index contributed by atoms with van der Waals surface area (Å²) < 4.78 is 5.28. The van der Waals surface area contributed by atoms with Crippen molar-refractivity contribution in [1.82, 2.24) is 15.5 Å². The average Bonchev–Trinajstić information content (AvgIpc) is 3.49. The molecular formula is C32H42ClN3O4. The zero-order valence-corrected chi connectivity index (χ0v) is 24.4. The molecule has 1 saturated heterocycles. The van der Waals surface area contributed by atoms with E-state index in [1.807, 2.05) is 47.4 Å². The summed E-state index contributed by atoms with van der Waals surface area (Å²) in [4.78, 5) is 40.9. The highest BCUT2D eigenvalue weighted by Gasteiger charge is 2.40. The summed E-state index contributed by atoms with van der Waals surface area (Å²) in [6, 6.07) is 16.9. The van der Waals surface area contributed by atoms with E-state index in [4.69, 9.17) is 16.3 Å². The quantitative estimate of drug-likeness (QED) is 0.341. The highest BCUT2D eigenvalue weighted by molar-refractivity contribution is 6.30. The molecule has 2 fully saturated rings. The molecule has 3 amide bonds. The molecule has 7 nitrogen and oxygen atoms in total. The van der Waals surface area contributed by atoms with Crippen LogP contribution in [-0.4, -0.2) is 48.5 Å². The van der Waals surface area contributed by atoms with E-state index in [1.165, 1.54) is 5.56 Å². The van der Waals surface area contributed by atoms with E-state index in [9.17, 15) is 14.4 Å². The van der Waals surface area contributed by atoms with Crippen LogP contribution in [0, 0.1) is 11.3 Å². The van der Waals surface area contributed by atoms with Crippen LogP contribution in [0.5, 0.6) is 0 Å². The molecule has 0 bridgehead atoms. The number of hydrogen-bond acceptors (Lipinski definition) is 4. The van der Waals surface area contributed by atoms with Gasteiger partial charge in [0, 0.05) is 30.6 Å². The van der Waals surface area contributed by atoms with Crippen molar-refractivity contribution < 1.29 is 19.1 Å². The number of halogens is 1. The molecule has 0 aromatic heterocycles. The van der Waals surface area contributed by atoms with E-state index in [1.54, 1.807) is 0 Å². The molecule has 1 heterocycles. The molecule has 1 unspecified atom stereocenters. The summed E-state index contributed by atoms with van der Waals surface area (Å²) in [5.41, 5.74) is 2.02. The number of carbonyl (C=O) groups is 3. The second-order valence-electron chi connectivity index (χ2n) is 11.8. The van der Waals surface area contributed by atoms with E-state index in [0.717, 1.165) is 37.7 Å². The minimum atomic E-state index is -0.613. The molecule has 216 valence electrons. The molecule has 2 aromatic rings. The highest BCUT2D eigenvalue weighted by atomic mass is 35.5. The van der Waals surface area contributed by atoms with Gasteiger partial charge in [0.2, 0.25) is 11.8 Å². The third kappa shape index (κ3) is 8.23. The Morgan fingerprint density at radius 1 is 1.02 bits per heavy atom. The number of benzene rings is 2. The molecule has 2 aromatic carbocycles. The van der Waals surface area contributed by atoms with Crippen LogP contribution in [-0.2, 0) is 20.9 Å². The van der Waals surface area contributed by atoms with Gasteiger partial charge >= 0.3 is 6.09 Å². The number of amides is 3. The second-order valence-corrected chi connectivity index (χ2v) is 12.3. The molecule has 1 aliphatic carbocycles. The van der Waals surface area contributed by atoms with Gasteiger partial charge in [-0.15, -0.1) is 0 Å². The van der Waals surface area contributed by atoms with Crippen molar-refractivity contribution in [2.75, 3.05) is 19.6 Å². The maximum Gasteiger partial charge on any atom is 0.407 e. The van der Waals surface area contributed by atoms with Crippen LogP contribution in [0.2, 0.25) is 5.02 Å². The highest BCUT2D eigenvalue weighted by Crippen LogP contribution is 2.42. The minimum absolute atomic E-state index is 0.0199. The number of carbonyl (C=O) groups excluding carboxylic acids is 3. The van der Waals surface area contributed by atoms with Crippen molar-refractivity contribution in [2.45, 2.75) is 77.4 Å². The van der Waals surface area contributed by atoms with E-state index in [2.05, 4.69) is 36.6 Å². The first-order valence-corrected chi connectivity index (χ1v) is 14.9. The number of alkyl carbamates (subject to hydrolysis) is 1. The number of ether oxygens (including phenoxy) is 1. The molecule has 0 radical (unpaired) electrons. The lowest BCUT2D eigenvalue weighted by Crippen LogP contribution is -2.55. The van der Waals surface area contributed by atoms with Crippen molar-refractivity contribution >= 4 is 29.5 Å². The van der Waals surface area contributed by atoms with Gasteiger partial charge in [0.15, 0.2) is 0 Å². The summed E-state index contributed by atoms with van der Waals surface area (Å²) in [5.74, 6) is 0.224. The van der Waals surface area contributed by atoms with E-state index >= 15 is 0 Å². The molecule has 4 rings (SSSR count). The largest absolute Gasteiger partial charge is 0.445 e. The Bertz CT molecular complexity index is 1130. The Balaban J connectivity index is 1.33. The number of hydrogen-bond donors (Lipinski definition) is 2. The van der Waals surface area contributed by atoms with Crippen LogP contribution in [0.25, 0.3) is 0 Å². The normalized spacial score (nSPS) is 19.6. The molecule has 1 aliphatic heterocycles. The molecule has 0 spiro atoms. The van der Waals surface area contributed by atoms with E-state index in [-0.39, 0.29) is 29.8 Å². The average molecular weight is 568 g/mol. The van der Waals surface area contributed by atoms with Crippen LogP contribution < -0.4 is 10.6 Å². The van der Waals surface area contributed by atoms with Gasteiger partial charge < -0.3 is 20.3 Å². The zero-order valence-electron chi connectivity index (χ0n) is 23.7. The molecular weight excluding hydrogens is 526 g/mol. The fourth-order valence-corrected chi connectivity index (χ4v) is 6.21. The maximum atomic E-state index is 13.8. The minimum Gasteiger partial charge on any atom is -0.445 e. The number of piperidine rings is 1. The van der Waals surface area contributed by atoms with Crippen molar-refractivity contribution in [3.05, 3.63) is 70.7 Å². The van der Waals surface area contributed by atoms with Crippen LogP contribution in [0.4, 0.5) is 4.79 Å². The maximum absolute atomic E-state index is 13.8. The van der Waals surface area contributed by atoms with Crippen LogP contribution in [0.15, 0.2) is 54.6 Å². The Hall–Kier alpha value is -3.06. The molecule has 2 aliphatic rings. The monoisotopic (exact) mass is 567 g/mol. The molecule has 40 heavy (non-hydrogen) atoms. The lowest BCUT2D eigenvalue weighted by atomic mass is 9.70. The standard InChI is InChI=1S/C32H42ClN3O4/c1-32(2)22-36(20-18-27(32)24-14-16-26(33)17-15-24)30(38)28(35-29(37)25-11-6-7-12-25)13-8-19-34-31(39)40-21-23-9-4-3-5-10-23/h3-5,9-10,14-17,25,27-28H,6-8,11-13,18-22H2,1-2H3,(H,34,39)(H,35,37)/t27?,28-/m1/s1. The SMILES string of the molecule is CC1(C)CN(C(=O)[C@@H](CCCNC(=O)OCc2ccccc2)NC(=O)C2CCCC2)CCC1c1ccc(Cl)cc1. The molecule has 1 saturated carbocycles. The Morgan fingerprint density at radius 2 is 1.73 bits per heavy atom. The van der Waals surface area contributed by atoms with Crippen LogP contribution >= 0.6 is 11.6 Å². The third-order valence-corrected chi connectivity index (χ3v) is 8.56. The number of nitrogens with zero attached hydrogens (tertiary/aromatic N) is 1. The first-order chi connectivity index (χ1) is 19.2. The van der Waals surface area contributed by atoms with Crippen molar-refractivity contribution in [1.29, 1.82) is 0 Å². The first kappa shape index (κ1) is 29.9. The lowest BCUT2D eigenvalue weighted by Gasteiger charge is -2.45. The van der Waals surface area contributed by atoms with Crippen molar-refractivity contribution in [3.8, 4) is 0 Å².